The second kappa shape index (κ2) is 6.91. The molecule has 5 heteroatoms. The largest absolute Gasteiger partial charge is 0.299 e. The fraction of sp³-hybridized carbons (Fsp3) is 0.286. The third kappa shape index (κ3) is 4.84. The maximum atomic E-state index is 11.8. The summed E-state index contributed by atoms with van der Waals surface area (Å²) < 4.78 is 2.82. The molecule has 0 saturated carbocycles. The van der Waals surface area contributed by atoms with Crippen molar-refractivity contribution in [1.82, 2.24) is 9.78 Å². The molecule has 0 unspecified atom stereocenters. The van der Waals surface area contributed by atoms with Gasteiger partial charge >= 0.3 is 0 Å². The second-order valence-corrected chi connectivity index (χ2v) is 6.27. The number of halogens is 1. The minimum atomic E-state index is 0.275. The zero-order valence-electron chi connectivity index (χ0n) is 10.7. The van der Waals surface area contributed by atoms with Crippen molar-refractivity contribution in [1.29, 1.82) is 0 Å². The number of nitrogens with zero attached hydrogens (tertiary/aromatic N) is 2. The fourth-order valence-corrected chi connectivity index (χ4v) is 2.72. The fourth-order valence-electron chi connectivity index (χ4n) is 1.65. The summed E-state index contributed by atoms with van der Waals surface area (Å²) in [6, 6.07) is 8.01. The maximum Gasteiger partial charge on any atom is 0.143 e. The maximum absolute atomic E-state index is 11.8. The van der Waals surface area contributed by atoms with Crippen LogP contribution in [-0.4, -0.2) is 21.3 Å². The minimum absolute atomic E-state index is 0.275. The summed E-state index contributed by atoms with van der Waals surface area (Å²) in [5.41, 5.74) is 1.12. The van der Waals surface area contributed by atoms with Crippen LogP contribution >= 0.6 is 27.7 Å². The Morgan fingerprint density at radius 2 is 2.11 bits per heavy atom. The van der Waals surface area contributed by atoms with E-state index in [1.54, 1.807) is 16.4 Å². The first kappa shape index (κ1) is 14.3. The molecule has 2 aromatic rings. The van der Waals surface area contributed by atoms with E-state index >= 15 is 0 Å². The molecule has 0 aliphatic heterocycles. The highest BCUT2D eigenvalue weighted by Crippen LogP contribution is 2.21. The topological polar surface area (TPSA) is 34.9 Å². The van der Waals surface area contributed by atoms with E-state index in [-0.39, 0.29) is 5.78 Å². The Hall–Kier alpha value is -1.07. The lowest BCUT2D eigenvalue weighted by atomic mass is 10.1. The Labute approximate surface area is 125 Å². The first-order chi connectivity index (χ1) is 9.13. The summed E-state index contributed by atoms with van der Waals surface area (Å²) in [6.07, 6.45) is 5.12. The van der Waals surface area contributed by atoms with Crippen LogP contribution < -0.4 is 0 Å². The van der Waals surface area contributed by atoms with E-state index in [2.05, 4.69) is 21.0 Å². The van der Waals surface area contributed by atoms with E-state index < -0.39 is 0 Å². The number of carbonyl (C=O) groups is 1. The first-order valence-electron chi connectivity index (χ1n) is 6.01. The highest BCUT2D eigenvalue weighted by molar-refractivity contribution is 9.10. The van der Waals surface area contributed by atoms with Gasteiger partial charge in [-0.15, -0.1) is 11.8 Å². The van der Waals surface area contributed by atoms with Crippen molar-refractivity contribution in [2.24, 2.45) is 7.05 Å². The number of Topliss-reactive ketones (excluding diaryl/α,β-unsaturated/α-hetero) is 1. The predicted octanol–water partition coefficient (Wildman–Crippen LogP) is 3.48. The van der Waals surface area contributed by atoms with Gasteiger partial charge in [-0.3, -0.25) is 9.48 Å². The van der Waals surface area contributed by atoms with Crippen LogP contribution in [0.2, 0.25) is 0 Å². The summed E-state index contributed by atoms with van der Waals surface area (Å²) in [4.78, 5) is 12.9. The molecule has 0 atom stereocenters. The van der Waals surface area contributed by atoms with Crippen molar-refractivity contribution in [3.05, 3.63) is 46.7 Å². The van der Waals surface area contributed by atoms with Gasteiger partial charge in [0.25, 0.3) is 0 Å². The second-order valence-electron chi connectivity index (χ2n) is 4.30. The smallest absolute Gasteiger partial charge is 0.143 e. The summed E-state index contributed by atoms with van der Waals surface area (Å²) in [5, 5.41) is 4.09. The monoisotopic (exact) mass is 338 g/mol. The highest BCUT2D eigenvalue weighted by atomic mass is 79.9. The lowest BCUT2D eigenvalue weighted by molar-refractivity contribution is -0.116. The first-order valence-corrected chi connectivity index (χ1v) is 7.79. The van der Waals surface area contributed by atoms with Gasteiger partial charge in [-0.2, -0.15) is 5.10 Å². The third-order valence-corrected chi connectivity index (χ3v) is 4.26. The lowest BCUT2D eigenvalue weighted by Crippen LogP contribution is -2.02. The summed E-state index contributed by atoms with van der Waals surface area (Å²) >= 11 is 4.98. The molecule has 0 N–H and O–H groups in total. The molecule has 1 heterocycles. The highest BCUT2D eigenvalue weighted by Gasteiger charge is 2.05. The number of rotatable bonds is 6. The van der Waals surface area contributed by atoms with Gasteiger partial charge in [0.1, 0.15) is 5.78 Å². The number of thioether (sulfide) groups is 1. The van der Waals surface area contributed by atoms with Crippen molar-refractivity contribution in [3.8, 4) is 0 Å². The van der Waals surface area contributed by atoms with E-state index in [0.29, 0.717) is 12.2 Å². The van der Waals surface area contributed by atoms with Crippen LogP contribution in [0.1, 0.15) is 12.0 Å². The summed E-state index contributed by atoms with van der Waals surface area (Å²) in [6.45, 7) is 0. The van der Waals surface area contributed by atoms with Crippen LogP contribution in [0.4, 0.5) is 0 Å². The van der Waals surface area contributed by atoms with Crippen LogP contribution in [0.3, 0.4) is 0 Å². The van der Waals surface area contributed by atoms with Crippen molar-refractivity contribution in [2.45, 2.75) is 17.7 Å². The minimum Gasteiger partial charge on any atom is -0.299 e. The average Bonchev–Trinajstić information content (AvgIpc) is 2.81. The Kier molecular flexibility index (Phi) is 5.22. The summed E-state index contributed by atoms with van der Waals surface area (Å²) in [7, 11) is 1.88. The van der Waals surface area contributed by atoms with Crippen LogP contribution in [0.25, 0.3) is 0 Å². The summed E-state index contributed by atoms with van der Waals surface area (Å²) in [5.74, 6) is 0.804. The average molecular weight is 339 g/mol. The molecule has 100 valence electrons. The molecule has 0 aliphatic rings. The quantitative estimate of drug-likeness (QED) is 0.756. The van der Waals surface area contributed by atoms with Gasteiger partial charge < -0.3 is 0 Å². The van der Waals surface area contributed by atoms with Crippen LogP contribution in [0.5, 0.6) is 0 Å². The molecule has 0 saturated heterocycles. The van der Waals surface area contributed by atoms with E-state index in [9.17, 15) is 4.79 Å². The van der Waals surface area contributed by atoms with E-state index in [4.69, 9.17) is 0 Å². The lowest BCUT2D eigenvalue weighted by Gasteiger charge is -2.01. The number of ketones is 1. The van der Waals surface area contributed by atoms with Gasteiger partial charge in [0.2, 0.25) is 0 Å². The molecule has 3 nitrogen and oxygen atoms in total. The van der Waals surface area contributed by atoms with Crippen molar-refractivity contribution >= 4 is 33.5 Å². The Morgan fingerprint density at radius 1 is 1.37 bits per heavy atom. The molecule has 0 bridgehead atoms. The van der Waals surface area contributed by atoms with Crippen LogP contribution in [0, 0.1) is 0 Å². The number of aryl methyl sites for hydroxylation is 2. The van der Waals surface area contributed by atoms with Gasteiger partial charge in [-0.05, 0) is 36.2 Å². The Bertz CT molecular complexity index is 551. The molecule has 19 heavy (non-hydrogen) atoms. The molecular weight excluding hydrogens is 324 g/mol. The molecule has 0 radical (unpaired) electrons. The number of hydrogen-bond acceptors (Lipinski definition) is 3. The molecule has 0 aliphatic carbocycles. The Morgan fingerprint density at radius 3 is 2.74 bits per heavy atom. The Balaban J connectivity index is 1.74. The van der Waals surface area contributed by atoms with Crippen LogP contribution in [0.15, 0.2) is 46.0 Å². The number of carbonyl (C=O) groups excluding carboxylic acids is 1. The van der Waals surface area contributed by atoms with Gasteiger partial charge in [-0.25, -0.2) is 0 Å². The molecular formula is C14H15BrN2OS. The van der Waals surface area contributed by atoms with Crippen molar-refractivity contribution < 1.29 is 4.79 Å². The molecule has 0 amide bonds. The van der Waals surface area contributed by atoms with Crippen LogP contribution in [-0.2, 0) is 18.3 Å². The normalized spacial score (nSPS) is 10.6. The number of hydrogen-bond donors (Lipinski definition) is 0. The molecule has 0 spiro atoms. The zero-order chi connectivity index (χ0) is 13.7. The predicted molar refractivity (Wildman–Crippen MR) is 81.4 cm³/mol. The van der Waals surface area contributed by atoms with E-state index in [1.165, 1.54) is 0 Å². The number of aromatic nitrogens is 2. The van der Waals surface area contributed by atoms with Gasteiger partial charge in [-0.1, -0.05) is 15.9 Å². The van der Waals surface area contributed by atoms with Gasteiger partial charge in [0, 0.05) is 29.0 Å². The molecule has 2 rings (SSSR count). The standard InChI is InChI=1S/C14H15BrN2OS/c1-17-9-11(8-16-17)2-5-13(18)10-19-14-6-3-12(15)4-7-14/h3-4,6-9H,2,5,10H2,1H3. The van der Waals surface area contributed by atoms with E-state index in [0.717, 1.165) is 21.4 Å². The molecule has 1 aromatic carbocycles. The molecule has 1 aromatic heterocycles. The van der Waals surface area contributed by atoms with Gasteiger partial charge in [0.05, 0.1) is 11.9 Å². The SMILES string of the molecule is Cn1cc(CCC(=O)CSc2ccc(Br)cc2)cn1. The molecule has 0 fully saturated rings. The van der Waals surface area contributed by atoms with E-state index in [1.807, 2.05) is 43.7 Å². The van der Waals surface area contributed by atoms with Gasteiger partial charge in [0.15, 0.2) is 0 Å². The zero-order valence-corrected chi connectivity index (χ0v) is 13.1. The number of benzene rings is 1. The third-order valence-electron chi connectivity index (χ3n) is 2.66. The van der Waals surface area contributed by atoms with Crippen molar-refractivity contribution in [2.75, 3.05) is 5.75 Å². The van der Waals surface area contributed by atoms with Crippen molar-refractivity contribution in [3.63, 3.8) is 0 Å².